The SMILES string of the molecule is CCCCCOc1ccc(C2=NCCN2C)cc1. The molecule has 3 heteroatoms. The molecule has 1 aliphatic rings. The highest BCUT2D eigenvalue weighted by Crippen LogP contribution is 2.16. The summed E-state index contributed by atoms with van der Waals surface area (Å²) >= 11 is 0. The number of ether oxygens (including phenoxy) is 1. The van der Waals surface area contributed by atoms with Gasteiger partial charge in [-0.15, -0.1) is 0 Å². The van der Waals surface area contributed by atoms with E-state index >= 15 is 0 Å². The number of nitrogens with zero attached hydrogens (tertiary/aromatic N) is 2. The Balaban J connectivity index is 1.89. The molecule has 0 aliphatic carbocycles. The number of benzene rings is 1. The Morgan fingerprint density at radius 3 is 2.61 bits per heavy atom. The van der Waals surface area contributed by atoms with Crippen LogP contribution in [0.1, 0.15) is 31.7 Å². The molecular weight excluding hydrogens is 224 g/mol. The minimum atomic E-state index is 0.814. The van der Waals surface area contributed by atoms with Crippen molar-refractivity contribution in [2.24, 2.45) is 4.99 Å². The van der Waals surface area contributed by atoms with Gasteiger partial charge in [-0.1, -0.05) is 19.8 Å². The first kappa shape index (κ1) is 12.9. The summed E-state index contributed by atoms with van der Waals surface area (Å²) in [5.74, 6) is 2.05. The van der Waals surface area contributed by atoms with Gasteiger partial charge < -0.3 is 9.64 Å². The molecule has 3 nitrogen and oxygen atoms in total. The third-order valence-corrected chi connectivity index (χ3v) is 3.19. The number of hydrogen-bond acceptors (Lipinski definition) is 3. The predicted molar refractivity (Wildman–Crippen MR) is 75.5 cm³/mol. The zero-order valence-corrected chi connectivity index (χ0v) is 11.4. The first-order chi connectivity index (χ1) is 8.81. The van der Waals surface area contributed by atoms with E-state index in [9.17, 15) is 0 Å². The first-order valence-electron chi connectivity index (χ1n) is 6.80. The van der Waals surface area contributed by atoms with Crippen molar-refractivity contribution in [1.82, 2.24) is 4.90 Å². The molecule has 0 saturated carbocycles. The van der Waals surface area contributed by atoms with Gasteiger partial charge >= 0.3 is 0 Å². The summed E-state index contributed by atoms with van der Waals surface area (Å²) < 4.78 is 5.70. The zero-order chi connectivity index (χ0) is 12.8. The van der Waals surface area contributed by atoms with Gasteiger partial charge in [0.1, 0.15) is 11.6 Å². The van der Waals surface area contributed by atoms with Crippen molar-refractivity contribution in [2.45, 2.75) is 26.2 Å². The quantitative estimate of drug-likeness (QED) is 0.721. The second-order valence-electron chi connectivity index (χ2n) is 4.71. The predicted octanol–water partition coefficient (Wildman–Crippen LogP) is 2.95. The van der Waals surface area contributed by atoms with Gasteiger partial charge in [-0.05, 0) is 30.7 Å². The second-order valence-corrected chi connectivity index (χ2v) is 4.71. The van der Waals surface area contributed by atoms with Gasteiger partial charge in [0.25, 0.3) is 0 Å². The van der Waals surface area contributed by atoms with E-state index in [0.29, 0.717) is 0 Å². The smallest absolute Gasteiger partial charge is 0.130 e. The molecule has 0 N–H and O–H groups in total. The Labute approximate surface area is 109 Å². The molecule has 1 aromatic rings. The first-order valence-corrected chi connectivity index (χ1v) is 6.80. The number of aliphatic imine (C=N–C) groups is 1. The molecule has 0 aromatic heterocycles. The fraction of sp³-hybridized carbons (Fsp3) is 0.533. The van der Waals surface area contributed by atoms with Crippen molar-refractivity contribution in [1.29, 1.82) is 0 Å². The van der Waals surface area contributed by atoms with E-state index in [1.807, 2.05) is 12.1 Å². The number of likely N-dealkylation sites (N-methyl/N-ethyl adjacent to an activating group) is 1. The Bertz CT molecular complexity index is 397. The van der Waals surface area contributed by atoms with Crippen molar-refractivity contribution in [2.75, 3.05) is 26.7 Å². The topological polar surface area (TPSA) is 24.8 Å². The summed E-state index contributed by atoms with van der Waals surface area (Å²) in [6.45, 7) is 4.94. The number of rotatable bonds is 6. The summed E-state index contributed by atoms with van der Waals surface area (Å²) in [5, 5.41) is 0. The molecule has 18 heavy (non-hydrogen) atoms. The van der Waals surface area contributed by atoms with E-state index < -0.39 is 0 Å². The fourth-order valence-electron chi connectivity index (χ4n) is 2.09. The minimum Gasteiger partial charge on any atom is -0.494 e. The van der Waals surface area contributed by atoms with Crippen molar-refractivity contribution >= 4 is 5.84 Å². The Kier molecular flexibility index (Phi) is 4.62. The lowest BCUT2D eigenvalue weighted by Crippen LogP contribution is -2.23. The van der Waals surface area contributed by atoms with Crippen LogP contribution in [0, 0.1) is 0 Å². The van der Waals surface area contributed by atoms with Crippen molar-refractivity contribution in [3.63, 3.8) is 0 Å². The minimum absolute atomic E-state index is 0.814. The van der Waals surface area contributed by atoms with Gasteiger partial charge in [-0.2, -0.15) is 0 Å². The van der Waals surface area contributed by atoms with Crippen LogP contribution in [0.5, 0.6) is 5.75 Å². The van der Waals surface area contributed by atoms with E-state index in [2.05, 4.69) is 36.0 Å². The number of unbranched alkanes of at least 4 members (excludes halogenated alkanes) is 2. The van der Waals surface area contributed by atoms with E-state index in [4.69, 9.17) is 4.74 Å². The average molecular weight is 246 g/mol. The van der Waals surface area contributed by atoms with Gasteiger partial charge in [-0.25, -0.2) is 0 Å². The van der Waals surface area contributed by atoms with Crippen LogP contribution in [0.25, 0.3) is 0 Å². The highest BCUT2D eigenvalue weighted by molar-refractivity contribution is 5.99. The summed E-state index contributed by atoms with van der Waals surface area (Å²) in [7, 11) is 2.08. The highest BCUT2D eigenvalue weighted by atomic mass is 16.5. The maximum atomic E-state index is 5.70. The Morgan fingerprint density at radius 2 is 2.00 bits per heavy atom. The molecule has 2 rings (SSSR count). The molecule has 0 atom stereocenters. The maximum absolute atomic E-state index is 5.70. The normalized spacial score (nSPS) is 14.8. The van der Waals surface area contributed by atoms with E-state index in [-0.39, 0.29) is 0 Å². The zero-order valence-electron chi connectivity index (χ0n) is 11.4. The number of hydrogen-bond donors (Lipinski definition) is 0. The Morgan fingerprint density at radius 1 is 1.22 bits per heavy atom. The highest BCUT2D eigenvalue weighted by Gasteiger charge is 2.13. The monoisotopic (exact) mass is 246 g/mol. The average Bonchev–Trinajstić information content (AvgIpc) is 2.82. The van der Waals surface area contributed by atoms with Crippen LogP contribution in [-0.4, -0.2) is 37.5 Å². The van der Waals surface area contributed by atoms with E-state index in [0.717, 1.165) is 37.7 Å². The lowest BCUT2D eigenvalue weighted by atomic mass is 10.2. The van der Waals surface area contributed by atoms with Gasteiger partial charge in [0.2, 0.25) is 0 Å². The van der Waals surface area contributed by atoms with Crippen LogP contribution in [0.4, 0.5) is 0 Å². The summed E-state index contributed by atoms with van der Waals surface area (Å²) in [6.07, 6.45) is 3.60. The molecule has 1 heterocycles. The molecule has 0 bridgehead atoms. The van der Waals surface area contributed by atoms with Gasteiger partial charge in [-0.3, -0.25) is 4.99 Å². The van der Waals surface area contributed by atoms with Gasteiger partial charge in [0, 0.05) is 19.2 Å². The van der Waals surface area contributed by atoms with Crippen molar-refractivity contribution in [3.05, 3.63) is 29.8 Å². The molecular formula is C15H22N2O. The van der Waals surface area contributed by atoms with Gasteiger partial charge in [0.05, 0.1) is 13.2 Å². The summed E-state index contributed by atoms with van der Waals surface area (Å²) in [5.41, 5.74) is 1.18. The summed E-state index contributed by atoms with van der Waals surface area (Å²) in [4.78, 5) is 6.70. The molecule has 1 aliphatic heterocycles. The largest absolute Gasteiger partial charge is 0.494 e. The molecule has 98 valence electrons. The third-order valence-electron chi connectivity index (χ3n) is 3.19. The molecule has 0 fully saturated rings. The van der Waals surface area contributed by atoms with E-state index in [1.54, 1.807) is 0 Å². The second kappa shape index (κ2) is 6.43. The van der Waals surface area contributed by atoms with Crippen LogP contribution >= 0.6 is 0 Å². The van der Waals surface area contributed by atoms with Gasteiger partial charge in [0.15, 0.2) is 0 Å². The third kappa shape index (κ3) is 3.25. The van der Waals surface area contributed by atoms with Crippen LogP contribution in [0.2, 0.25) is 0 Å². The maximum Gasteiger partial charge on any atom is 0.130 e. The lowest BCUT2D eigenvalue weighted by Gasteiger charge is -2.14. The molecule has 0 amide bonds. The molecule has 0 spiro atoms. The van der Waals surface area contributed by atoms with Crippen LogP contribution in [-0.2, 0) is 0 Å². The molecule has 0 unspecified atom stereocenters. The summed E-state index contributed by atoms with van der Waals surface area (Å²) in [6, 6.07) is 8.26. The fourth-order valence-corrected chi connectivity index (χ4v) is 2.09. The lowest BCUT2D eigenvalue weighted by molar-refractivity contribution is 0.306. The molecule has 1 aromatic carbocycles. The molecule has 0 saturated heterocycles. The Hall–Kier alpha value is -1.51. The number of amidine groups is 1. The molecule has 0 radical (unpaired) electrons. The van der Waals surface area contributed by atoms with Crippen molar-refractivity contribution in [3.8, 4) is 5.75 Å². The van der Waals surface area contributed by atoms with Crippen molar-refractivity contribution < 1.29 is 4.74 Å². The van der Waals surface area contributed by atoms with Crippen LogP contribution < -0.4 is 4.74 Å². The van der Waals surface area contributed by atoms with Crippen LogP contribution in [0.3, 0.4) is 0 Å². The standard InChI is InChI=1S/C15H22N2O/c1-3-4-5-12-18-14-8-6-13(7-9-14)15-16-10-11-17(15)2/h6-9H,3-5,10-12H2,1-2H3. The van der Waals surface area contributed by atoms with Crippen LogP contribution in [0.15, 0.2) is 29.3 Å². The van der Waals surface area contributed by atoms with E-state index in [1.165, 1.54) is 18.4 Å².